The predicted molar refractivity (Wildman–Crippen MR) is 62.5 cm³/mol. The van der Waals surface area contributed by atoms with Crippen molar-refractivity contribution in [2.24, 2.45) is 0 Å². The van der Waals surface area contributed by atoms with Crippen LogP contribution in [0.4, 0.5) is 0 Å². The van der Waals surface area contributed by atoms with Crippen LogP contribution in [-0.2, 0) is 0 Å². The lowest BCUT2D eigenvalue weighted by atomic mass is 10.2. The number of hydrogen-bond donors (Lipinski definition) is 0. The summed E-state index contributed by atoms with van der Waals surface area (Å²) in [5.74, 6) is 0.726. The van der Waals surface area contributed by atoms with Crippen LogP contribution < -0.4 is 0 Å². The third-order valence-corrected chi connectivity index (χ3v) is 3.23. The summed E-state index contributed by atoms with van der Waals surface area (Å²) in [5.41, 5.74) is 3.29. The second kappa shape index (κ2) is 2.82. The average molecular weight is 209 g/mol. The summed E-state index contributed by atoms with van der Waals surface area (Å²) < 4.78 is 1.92. The Morgan fingerprint density at radius 1 is 1.19 bits per heavy atom. The van der Waals surface area contributed by atoms with Gasteiger partial charge in [0.25, 0.3) is 0 Å². The molecule has 0 amide bonds. The maximum atomic E-state index is 4.54. The molecule has 0 unspecified atom stereocenters. The highest BCUT2D eigenvalue weighted by Gasteiger charge is 2.24. The quantitative estimate of drug-likeness (QED) is 0.617. The largest absolute Gasteiger partial charge is 0.236 e. The highest BCUT2D eigenvalue weighted by atomic mass is 15.2. The summed E-state index contributed by atoms with van der Waals surface area (Å²) in [6.07, 6.45) is 6.73. The first-order valence-corrected chi connectivity index (χ1v) is 5.65. The Labute approximate surface area is 92.7 Å². The fourth-order valence-corrected chi connectivity index (χ4v) is 2.19. The van der Waals surface area contributed by atoms with Crippen LogP contribution in [0.3, 0.4) is 0 Å². The Hall–Kier alpha value is -1.90. The lowest BCUT2D eigenvalue weighted by Gasteiger charge is -1.97. The van der Waals surface area contributed by atoms with Crippen LogP contribution in [0.15, 0.2) is 36.7 Å². The first-order valence-electron chi connectivity index (χ1n) is 5.65. The van der Waals surface area contributed by atoms with Crippen LogP contribution in [-0.4, -0.2) is 14.6 Å². The number of fused-ring (bicyclic) bond motifs is 3. The minimum absolute atomic E-state index is 0.726. The van der Waals surface area contributed by atoms with Crippen molar-refractivity contribution >= 4 is 16.6 Å². The first kappa shape index (κ1) is 8.28. The molecule has 0 bridgehead atoms. The maximum absolute atomic E-state index is 4.54. The summed E-state index contributed by atoms with van der Waals surface area (Å²) in [4.78, 5) is 4.53. The van der Waals surface area contributed by atoms with Gasteiger partial charge >= 0.3 is 0 Å². The Balaban J connectivity index is 2.07. The maximum Gasteiger partial charge on any atom is 0.162 e. The SMILES string of the molecule is c1ccc2c(c1)nn1cc(C3CC3)cnc21. The van der Waals surface area contributed by atoms with E-state index in [1.807, 2.05) is 28.9 Å². The Morgan fingerprint density at radius 3 is 2.94 bits per heavy atom. The van der Waals surface area contributed by atoms with Gasteiger partial charge in [0, 0.05) is 17.8 Å². The predicted octanol–water partition coefficient (Wildman–Crippen LogP) is 2.76. The summed E-state index contributed by atoms with van der Waals surface area (Å²) in [5, 5.41) is 5.67. The number of nitrogens with zero attached hydrogens (tertiary/aromatic N) is 3. The molecule has 0 aliphatic heterocycles. The first-order chi connectivity index (χ1) is 7.92. The number of aromatic nitrogens is 3. The van der Waals surface area contributed by atoms with E-state index in [2.05, 4.69) is 22.3 Å². The van der Waals surface area contributed by atoms with Crippen LogP contribution >= 0.6 is 0 Å². The van der Waals surface area contributed by atoms with Gasteiger partial charge in [0.05, 0.1) is 5.52 Å². The fourth-order valence-electron chi connectivity index (χ4n) is 2.19. The highest BCUT2D eigenvalue weighted by Crippen LogP contribution is 2.39. The van der Waals surface area contributed by atoms with Crippen molar-refractivity contribution in [1.29, 1.82) is 0 Å². The molecule has 1 aliphatic rings. The second-order valence-electron chi connectivity index (χ2n) is 4.45. The van der Waals surface area contributed by atoms with E-state index in [9.17, 15) is 0 Å². The van der Waals surface area contributed by atoms with Gasteiger partial charge in [-0.25, -0.2) is 9.50 Å². The van der Waals surface area contributed by atoms with Crippen molar-refractivity contribution in [2.45, 2.75) is 18.8 Å². The van der Waals surface area contributed by atoms with Gasteiger partial charge in [0.1, 0.15) is 0 Å². The van der Waals surface area contributed by atoms with E-state index in [1.165, 1.54) is 18.4 Å². The molecule has 2 aromatic heterocycles. The number of benzene rings is 1. The summed E-state index contributed by atoms with van der Waals surface area (Å²) >= 11 is 0. The zero-order valence-electron chi connectivity index (χ0n) is 8.80. The molecular formula is C13H11N3. The monoisotopic (exact) mass is 209 g/mol. The Morgan fingerprint density at radius 2 is 2.06 bits per heavy atom. The summed E-state index contributed by atoms with van der Waals surface area (Å²) in [6, 6.07) is 8.14. The molecule has 1 fully saturated rings. The minimum Gasteiger partial charge on any atom is -0.236 e. The topological polar surface area (TPSA) is 30.2 Å². The molecule has 16 heavy (non-hydrogen) atoms. The molecule has 78 valence electrons. The molecule has 0 radical (unpaired) electrons. The van der Waals surface area contributed by atoms with Crippen LogP contribution in [0.2, 0.25) is 0 Å². The lowest BCUT2D eigenvalue weighted by Crippen LogP contribution is -1.92. The minimum atomic E-state index is 0.726. The second-order valence-corrected chi connectivity index (χ2v) is 4.45. The molecule has 1 saturated carbocycles. The van der Waals surface area contributed by atoms with E-state index >= 15 is 0 Å². The zero-order chi connectivity index (χ0) is 10.5. The van der Waals surface area contributed by atoms with Gasteiger partial charge in [0.2, 0.25) is 0 Å². The smallest absolute Gasteiger partial charge is 0.162 e. The summed E-state index contributed by atoms with van der Waals surface area (Å²) in [7, 11) is 0. The molecule has 0 saturated heterocycles. The van der Waals surface area contributed by atoms with Crippen LogP contribution in [0.1, 0.15) is 24.3 Å². The Kier molecular flexibility index (Phi) is 1.46. The number of hydrogen-bond acceptors (Lipinski definition) is 2. The highest BCUT2D eigenvalue weighted by molar-refractivity contribution is 5.91. The summed E-state index contributed by atoms with van der Waals surface area (Å²) in [6.45, 7) is 0. The van der Waals surface area contributed by atoms with E-state index < -0.39 is 0 Å². The molecule has 3 aromatic rings. The van der Waals surface area contributed by atoms with Crippen LogP contribution in [0.25, 0.3) is 16.6 Å². The molecule has 2 heterocycles. The fraction of sp³-hybridized carbons (Fsp3) is 0.231. The molecule has 4 rings (SSSR count). The van der Waals surface area contributed by atoms with Crippen molar-refractivity contribution in [1.82, 2.24) is 14.6 Å². The standard InChI is InChI=1S/C13H11N3/c1-2-4-12-11(3-1)13-14-7-10(9-5-6-9)8-16(13)15-12/h1-4,7-9H,5-6H2. The van der Waals surface area contributed by atoms with Gasteiger partial charge in [-0.15, -0.1) is 0 Å². The van der Waals surface area contributed by atoms with Crippen molar-refractivity contribution in [3.63, 3.8) is 0 Å². The van der Waals surface area contributed by atoms with E-state index in [-0.39, 0.29) is 0 Å². The normalized spacial score (nSPS) is 16.0. The van der Waals surface area contributed by atoms with E-state index in [1.54, 1.807) is 0 Å². The third kappa shape index (κ3) is 1.08. The molecule has 0 atom stereocenters. The molecule has 1 aliphatic carbocycles. The van der Waals surface area contributed by atoms with Crippen LogP contribution in [0.5, 0.6) is 0 Å². The zero-order valence-corrected chi connectivity index (χ0v) is 8.80. The molecule has 3 heteroatoms. The van der Waals surface area contributed by atoms with E-state index in [4.69, 9.17) is 0 Å². The Bertz CT molecular complexity index is 680. The van der Waals surface area contributed by atoms with Gasteiger partial charge in [-0.1, -0.05) is 12.1 Å². The van der Waals surface area contributed by atoms with E-state index in [0.29, 0.717) is 0 Å². The van der Waals surface area contributed by atoms with Crippen molar-refractivity contribution < 1.29 is 0 Å². The molecule has 0 spiro atoms. The third-order valence-electron chi connectivity index (χ3n) is 3.23. The van der Waals surface area contributed by atoms with Gasteiger partial charge in [-0.2, -0.15) is 5.10 Å². The van der Waals surface area contributed by atoms with Gasteiger partial charge in [0.15, 0.2) is 5.65 Å². The lowest BCUT2D eigenvalue weighted by molar-refractivity contribution is 0.920. The van der Waals surface area contributed by atoms with Crippen molar-refractivity contribution in [3.8, 4) is 0 Å². The van der Waals surface area contributed by atoms with Gasteiger partial charge in [-0.05, 0) is 36.5 Å². The van der Waals surface area contributed by atoms with Crippen LogP contribution in [0, 0.1) is 0 Å². The molecular weight excluding hydrogens is 198 g/mol. The van der Waals surface area contributed by atoms with Crippen molar-refractivity contribution in [2.75, 3.05) is 0 Å². The molecule has 3 nitrogen and oxygen atoms in total. The average Bonchev–Trinajstić information content (AvgIpc) is 3.10. The van der Waals surface area contributed by atoms with Gasteiger partial charge < -0.3 is 0 Å². The molecule has 0 N–H and O–H groups in total. The van der Waals surface area contributed by atoms with Crippen molar-refractivity contribution in [3.05, 3.63) is 42.2 Å². The molecule has 1 aromatic carbocycles. The number of rotatable bonds is 1. The van der Waals surface area contributed by atoms with E-state index in [0.717, 1.165) is 22.5 Å². The van der Waals surface area contributed by atoms with Gasteiger partial charge in [-0.3, -0.25) is 0 Å².